The lowest BCUT2D eigenvalue weighted by Gasteiger charge is -2.33. The molecule has 0 aliphatic heterocycles. The van der Waals surface area contributed by atoms with Gasteiger partial charge in [-0.2, -0.15) is 4.37 Å². The molecule has 12 heteroatoms. The number of benzene rings is 1. The Hall–Kier alpha value is -4.06. The number of hydrogen-bond acceptors (Lipinski definition) is 9. The molecular formula is C24H29N5O6S. The zero-order valence-electron chi connectivity index (χ0n) is 20.9. The largest absolute Gasteiger partial charge is 0.497 e. The number of primary amides is 1. The Kier molecular flexibility index (Phi) is 7.58. The van der Waals surface area contributed by atoms with Crippen molar-refractivity contribution < 1.29 is 28.3 Å². The SMILES string of the molecule is COc1ccc(N(C(=O)c2snc(C(N)=O)c2N)C(C(=O)NC(C)(C)C)c2ccc(C)o2)c(OC)c1. The summed E-state index contributed by atoms with van der Waals surface area (Å²) in [5.41, 5.74) is 10.6. The third-order valence-electron chi connectivity index (χ3n) is 5.06. The van der Waals surface area contributed by atoms with E-state index in [1.165, 1.54) is 19.1 Å². The van der Waals surface area contributed by atoms with Gasteiger partial charge in [-0.05, 0) is 63.5 Å². The summed E-state index contributed by atoms with van der Waals surface area (Å²) >= 11 is 0.705. The topological polar surface area (TPSA) is 163 Å². The van der Waals surface area contributed by atoms with E-state index in [0.29, 0.717) is 23.0 Å². The van der Waals surface area contributed by atoms with Crippen molar-refractivity contribution in [3.05, 3.63) is 52.4 Å². The van der Waals surface area contributed by atoms with E-state index in [-0.39, 0.29) is 33.5 Å². The van der Waals surface area contributed by atoms with E-state index in [2.05, 4.69) is 9.69 Å². The molecule has 3 amide bonds. The molecule has 0 fully saturated rings. The van der Waals surface area contributed by atoms with E-state index in [4.69, 9.17) is 25.4 Å². The van der Waals surface area contributed by atoms with E-state index in [0.717, 1.165) is 0 Å². The Bertz CT molecular complexity index is 1290. The van der Waals surface area contributed by atoms with E-state index in [1.807, 2.05) is 20.8 Å². The number of ether oxygens (including phenoxy) is 2. The average Bonchev–Trinajstić information content (AvgIpc) is 3.40. The van der Waals surface area contributed by atoms with Gasteiger partial charge in [0.2, 0.25) is 0 Å². The van der Waals surface area contributed by atoms with Crippen molar-refractivity contribution in [2.24, 2.45) is 5.73 Å². The summed E-state index contributed by atoms with van der Waals surface area (Å²) < 4.78 is 20.6. The first kappa shape index (κ1) is 26.5. The number of nitrogen functional groups attached to an aromatic ring is 1. The lowest BCUT2D eigenvalue weighted by molar-refractivity contribution is -0.124. The number of carbonyl (C=O) groups is 3. The molecule has 0 aliphatic carbocycles. The van der Waals surface area contributed by atoms with Crippen molar-refractivity contribution in [3.63, 3.8) is 0 Å². The van der Waals surface area contributed by atoms with Crippen LogP contribution in [0.4, 0.5) is 11.4 Å². The molecule has 11 nitrogen and oxygen atoms in total. The van der Waals surface area contributed by atoms with E-state index < -0.39 is 29.3 Å². The summed E-state index contributed by atoms with van der Waals surface area (Å²) in [6.45, 7) is 7.17. The summed E-state index contributed by atoms with van der Waals surface area (Å²) in [5.74, 6) is -0.622. The van der Waals surface area contributed by atoms with E-state index in [1.54, 1.807) is 37.3 Å². The van der Waals surface area contributed by atoms with Crippen LogP contribution in [0.15, 0.2) is 34.7 Å². The first-order valence-electron chi connectivity index (χ1n) is 10.9. The number of nitrogens with two attached hydrogens (primary N) is 2. The summed E-state index contributed by atoms with van der Waals surface area (Å²) in [6.07, 6.45) is 0. The van der Waals surface area contributed by atoms with Crippen molar-refractivity contribution in [2.45, 2.75) is 39.3 Å². The highest BCUT2D eigenvalue weighted by atomic mass is 32.1. The number of aryl methyl sites for hydroxylation is 1. The molecule has 1 aromatic carbocycles. The molecular weight excluding hydrogens is 486 g/mol. The van der Waals surface area contributed by atoms with Crippen LogP contribution in [0.5, 0.6) is 11.5 Å². The zero-order valence-corrected chi connectivity index (χ0v) is 21.7. The number of aromatic nitrogens is 1. The fourth-order valence-electron chi connectivity index (χ4n) is 3.50. The smallest absolute Gasteiger partial charge is 0.273 e. The number of methoxy groups -OCH3 is 2. The van der Waals surface area contributed by atoms with Gasteiger partial charge in [0.1, 0.15) is 27.9 Å². The van der Waals surface area contributed by atoms with Crippen LogP contribution in [-0.2, 0) is 4.79 Å². The molecule has 0 aliphatic rings. The molecule has 0 saturated carbocycles. The molecule has 0 radical (unpaired) electrons. The monoisotopic (exact) mass is 515 g/mol. The molecule has 0 saturated heterocycles. The predicted molar refractivity (Wildman–Crippen MR) is 135 cm³/mol. The number of anilines is 2. The van der Waals surface area contributed by atoms with Crippen molar-refractivity contribution >= 4 is 40.6 Å². The molecule has 192 valence electrons. The van der Waals surface area contributed by atoms with Crippen LogP contribution in [0.1, 0.15) is 58.5 Å². The van der Waals surface area contributed by atoms with Crippen LogP contribution in [0.25, 0.3) is 0 Å². The molecule has 3 rings (SSSR count). The molecule has 1 unspecified atom stereocenters. The van der Waals surface area contributed by atoms with Gasteiger partial charge in [0.25, 0.3) is 17.7 Å². The number of furan rings is 1. The third-order valence-corrected chi connectivity index (χ3v) is 5.91. The summed E-state index contributed by atoms with van der Waals surface area (Å²) in [7, 11) is 2.92. The Morgan fingerprint density at radius 2 is 1.83 bits per heavy atom. The Morgan fingerprint density at radius 1 is 1.14 bits per heavy atom. The summed E-state index contributed by atoms with van der Waals surface area (Å²) in [4.78, 5) is 40.6. The van der Waals surface area contributed by atoms with Gasteiger partial charge < -0.3 is 30.7 Å². The van der Waals surface area contributed by atoms with E-state index in [9.17, 15) is 14.4 Å². The standard InChI is InChI=1S/C24H29N5O6S/c1-12-7-10-15(35-12)19(22(31)27-24(2,3)4)29(14-9-8-13(33-5)11-16(14)34-6)23(32)20-17(25)18(21(26)30)28-36-20/h7-11,19H,25H2,1-6H3,(H2,26,30)(H,27,31). The minimum atomic E-state index is -1.27. The van der Waals surface area contributed by atoms with Gasteiger partial charge in [-0.1, -0.05) is 0 Å². The number of carbonyl (C=O) groups excluding carboxylic acids is 3. The van der Waals surface area contributed by atoms with Gasteiger partial charge >= 0.3 is 0 Å². The molecule has 0 spiro atoms. The lowest BCUT2D eigenvalue weighted by Crippen LogP contribution is -2.49. The number of amides is 3. The number of nitrogens with zero attached hydrogens (tertiary/aromatic N) is 2. The minimum absolute atomic E-state index is 0.0708. The van der Waals surface area contributed by atoms with Crippen molar-refractivity contribution in [2.75, 3.05) is 24.9 Å². The number of hydrogen-bond donors (Lipinski definition) is 3. The first-order chi connectivity index (χ1) is 16.9. The maximum Gasteiger partial charge on any atom is 0.273 e. The third kappa shape index (κ3) is 5.43. The van der Waals surface area contributed by atoms with Crippen molar-refractivity contribution in [1.82, 2.24) is 9.69 Å². The molecule has 1 atom stereocenters. The van der Waals surface area contributed by atoms with Gasteiger partial charge in [-0.15, -0.1) is 0 Å². The van der Waals surface area contributed by atoms with Crippen LogP contribution in [-0.4, -0.2) is 41.9 Å². The highest BCUT2D eigenvalue weighted by molar-refractivity contribution is 7.09. The van der Waals surface area contributed by atoms with Crippen molar-refractivity contribution in [1.29, 1.82) is 0 Å². The van der Waals surface area contributed by atoms with Crippen LogP contribution >= 0.6 is 11.5 Å². The maximum absolute atomic E-state index is 14.1. The van der Waals surface area contributed by atoms with Crippen LogP contribution in [0.2, 0.25) is 0 Å². The molecule has 3 aromatic rings. The number of rotatable bonds is 8. The molecule has 2 aromatic heterocycles. The molecule has 0 bridgehead atoms. The molecule has 5 N–H and O–H groups in total. The summed E-state index contributed by atoms with van der Waals surface area (Å²) in [6, 6.07) is 6.80. The predicted octanol–water partition coefficient (Wildman–Crippen LogP) is 3.05. The molecule has 2 heterocycles. The van der Waals surface area contributed by atoms with Crippen LogP contribution < -0.4 is 31.2 Å². The first-order valence-corrected chi connectivity index (χ1v) is 11.6. The van der Waals surface area contributed by atoms with Gasteiger partial charge in [0.15, 0.2) is 11.7 Å². The normalized spacial score (nSPS) is 12.1. The van der Waals surface area contributed by atoms with Gasteiger partial charge in [-0.25, -0.2) is 0 Å². The van der Waals surface area contributed by atoms with E-state index >= 15 is 0 Å². The number of nitrogens with one attached hydrogen (secondary N) is 1. The van der Waals surface area contributed by atoms with Crippen LogP contribution in [0, 0.1) is 6.92 Å². The highest BCUT2D eigenvalue weighted by Gasteiger charge is 2.40. The second kappa shape index (κ2) is 10.3. The highest BCUT2D eigenvalue weighted by Crippen LogP contribution is 2.40. The minimum Gasteiger partial charge on any atom is -0.497 e. The van der Waals surface area contributed by atoms with Gasteiger partial charge in [0, 0.05) is 11.6 Å². The fourth-order valence-corrected chi connectivity index (χ4v) is 4.24. The Balaban J connectivity index is 2.29. The Labute approximate surface area is 212 Å². The second-order valence-corrected chi connectivity index (χ2v) is 9.71. The van der Waals surface area contributed by atoms with Gasteiger partial charge in [0.05, 0.1) is 25.6 Å². The molecule has 36 heavy (non-hydrogen) atoms. The average molecular weight is 516 g/mol. The zero-order chi connectivity index (χ0) is 26.8. The van der Waals surface area contributed by atoms with Crippen molar-refractivity contribution in [3.8, 4) is 11.5 Å². The lowest BCUT2D eigenvalue weighted by atomic mass is 10.0. The quantitative estimate of drug-likeness (QED) is 0.412. The fraction of sp³-hybridized carbons (Fsp3) is 0.333. The second-order valence-electron chi connectivity index (χ2n) is 8.94. The van der Waals surface area contributed by atoms with Crippen LogP contribution in [0.3, 0.4) is 0 Å². The van der Waals surface area contributed by atoms with Gasteiger partial charge in [-0.3, -0.25) is 19.3 Å². The Morgan fingerprint density at radius 3 is 2.33 bits per heavy atom. The maximum atomic E-state index is 14.1. The summed E-state index contributed by atoms with van der Waals surface area (Å²) in [5, 5.41) is 2.91.